The number of H-pyrrole nitrogens is 1. The molecule has 0 aliphatic carbocycles. The lowest BCUT2D eigenvalue weighted by molar-refractivity contribution is 0.293. The summed E-state index contributed by atoms with van der Waals surface area (Å²) in [4.78, 5) is 15.7. The molecule has 0 bridgehead atoms. The SMILES string of the molecule is O=c1c2sccc2[nH]c2c(NCCNCCO)nnc(Cl)c12. The molecule has 0 radical (unpaired) electrons. The van der Waals surface area contributed by atoms with E-state index in [0.29, 0.717) is 41.1 Å². The number of rotatable bonds is 6. The van der Waals surface area contributed by atoms with Gasteiger partial charge in [0.15, 0.2) is 11.0 Å². The molecular formula is C13H14ClN5O2S. The fourth-order valence-corrected chi connectivity index (χ4v) is 3.19. The van der Waals surface area contributed by atoms with Gasteiger partial charge in [-0.3, -0.25) is 4.79 Å². The molecule has 3 aromatic heterocycles. The molecule has 9 heteroatoms. The molecule has 0 aromatic carbocycles. The first-order chi connectivity index (χ1) is 10.7. The predicted octanol–water partition coefficient (Wildman–Crippen LogP) is 1.18. The van der Waals surface area contributed by atoms with Crippen molar-refractivity contribution in [3.05, 3.63) is 26.8 Å². The largest absolute Gasteiger partial charge is 0.395 e. The molecule has 0 saturated heterocycles. The Morgan fingerprint density at radius 1 is 1.32 bits per heavy atom. The summed E-state index contributed by atoms with van der Waals surface area (Å²) < 4.78 is 0.623. The lowest BCUT2D eigenvalue weighted by atomic mass is 10.2. The van der Waals surface area contributed by atoms with Crippen LogP contribution in [-0.4, -0.2) is 46.5 Å². The Morgan fingerprint density at radius 2 is 2.18 bits per heavy atom. The lowest BCUT2D eigenvalue weighted by Gasteiger charge is -2.09. The van der Waals surface area contributed by atoms with Crippen LogP contribution in [0.4, 0.5) is 5.82 Å². The van der Waals surface area contributed by atoms with Crippen molar-refractivity contribution in [2.24, 2.45) is 0 Å². The van der Waals surface area contributed by atoms with E-state index in [9.17, 15) is 4.79 Å². The molecule has 0 unspecified atom stereocenters. The van der Waals surface area contributed by atoms with Crippen LogP contribution in [0.2, 0.25) is 5.15 Å². The number of aromatic amines is 1. The van der Waals surface area contributed by atoms with E-state index in [1.165, 1.54) is 11.3 Å². The third kappa shape index (κ3) is 2.78. The van der Waals surface area contributed by atoms with Crippen LogP contribution in [0.25, 0.3) is 21.1 Å². The highest BCUT2D eigenvalue weighted by atomic mass is 35.5. The Labute approximate surface area is 134 Å². The number of thiophene rings is 1. The van der Waals surface area contributed by atoms with Crippen LogP contribution < -0.4 is 16.1 Å². The number of hydrogen-bond donors (Lipinski definition) is 4. The fraction of sp³-hybridized carbons (Fsp3) is 0.308. The second-order valence-electron chi connectivity index (χ2n) is 4.61. The predicted molar refractivity (Wildman–Crippen MR) is 89.0 cm³/mol. The maximum atomic E-state index is 12.5. The number of hydrogen-bond acceptors (Lipinski definition) is 7. The van der Waals surface area contributed by atoms with E-state index >= 15 is 0 Å². The monoisotopic (exact) mass is 339 g/mol. The van der Waals surface area contributed by atoms with Crippen molar-refractivity contribution in [1.29, 1.82) is 0 Å². The van der Waals surface area contributed by atoms with Crippen molar-refractivity contribution in [3.8, 4) is 0 Å². The number of pyridine rings is 1. The van der Waals surface area contributed by atoms with Crippen molar-refractivity contribution in [2.75, 3.05) is 31.6 Å². The van der Waals surface area contributed by atoms with E-state index in [0.717, 1.165) is 5.52 Å². The minimum Gasteiger partial charge on any atom is -0.395 e. The highest BCUT2D eigenvalue weighted by Crippen LogP contribution is 2.26. The highest BCUT2D eigenvalue weighted by Gasteiger charge is 2.15. The number of anilines is 1. The molecule has 3 aromatic rings. The molecule has 3 rings (SSSR count). The van der Waals surface area contributed by atoms with Crippen molar-refractivity contribution in [3.63, 3.8) is 0 Å². The van der Waals surface area contributed by atoms with Gasteiger partial charge >= 0.3 is 0 Å². The maximum Gasteiger partial charge on any atom is 0.210 e. The third-order valence-corrected chi connectivity index (χ3v) is 4.35. The molecule has 0 amide bonds. The zero-order valence-electron chi connectivity index (χ0n) is 11.5. The lowest BCUT2D eigenvalue weighted by Crippen LogP contribution is -2.25. The number of aliphatic hydroxyl groups excluding tert-OH is 1. The molecule has 3 heterocycles. The molecule has 0 fully saturated rings. The Hall–Kier alpha value is -1.74. The van der Waals surface area contributed by atoms with E-state index < -0.39 is 0 Å². The molecule has 7 nitrogen and oxygen atoms in total. The van der Waals surface area contributed by atoms with Gasteiger partial charge in [0.1, 0.15) is 0 Å². The van der Waals surface area contributed by atoms with E-state index in [-0.39, 0.29) is 17.2 Å². The van der Waals surface area contributed by atoms with Gasteiger partial charge in [-0.15, -0.1) is 21.5 Å². The summed E-state index contributed by atoms with van der Waals surface area (Å²) >= 11 is 7.41. The Kier molecular flexibility index (Phi) is 4.53. The van der Waals surface area contributed by atoms with Crippen LogP contribution in [0, 0.1) is 0 Å². The first-order valence-corrected chi connectivity index (χ1v) is 7.99. The van der Waals surface area contributed by atoms with Crippen LogP contribution in [0.15, 0.2) is 16.2 Å². The number of aromatic nitrogens is 3. The zero-order chi connectivity index (χ0) is 15.5. The topological polar surface area (TPSA) is 103 Å². The van der Waals surface area contributed by atoms with Gasteiger partial charge in [0.05, 0.1) is 27.7 Å². The van der Waals surface area contributed by atoms with Crippen LogP contribution in [0.3, 0.4) is 0 Å². The first kappa shape index (κ1) is 15.2. The second-order valence-corrected chi connectivity index (χ2v) is 5.88. The quantitative estimate of drug-likeness (QED) is 0.503. The van der Waals surface area contributed by atoms with Crippen molar-refractivity contribution in [1.82, 2.24) is 20.5 Å². The van der Waals surface area contributed by atoms with Gasteiger partial charge in [0, 0.05) is 19.6 Å². The van der Waals surface area contributed by atoms with Gasteiger partial charge in [0.25, 0.3) is 0 Å². The Morgan fingerprint density at radius 3 is 3.00 bits per heavy atom. The smallest absolute Gasteiger partial charge is 0.210 e. The number of fused-ring (bicyclic) bond motifs is 2. The molecule has 0 saturated carbocycles. The van der Waals surface area contributed by atoms with Crippen LogP contribution in [0.5, 0.6) is 0 Å². The normalized spacial score (nSPS) is 11.4. The molecule has 116 valence electrons. The van der Waals surface area contributed by atoms with Gasteiger partial charge in [-0.05, 0) is 11.4 Å². The average Bonchev–Trinajstić information content (AvgIpc) is 2.98. The molecule has 0 atom stereocenters. The van der Waals surface area contributed by atoms with Crippen molar-refractivity contribution in [2.45, 2.75) is 0 Å². The summed E-state index contributed by atoms with van der Waals surface area (Å²) in [6.45, 7) is 1.85. The Bertz CT molecular complexity index is 863. The van der Waals surface area contributed by atoms with Gasteiger partial charge in [-0.25, -0.2) is 0 Å². The maximum absolute atomic E-state index is 12.5. The third-order valence-electron chi connectivity index (χ3n) is 3.17. The van der Waals surface area contributed by atoms with Gasteiger partial charge in [0.2, 0.25) is 5.43 Å². The molecule has 0 spiro atoms. The minimum atomic E-state index is -0.139. The average molecular weight is 340 g/mol. The summed E-state index contributed by atoms with van der Waals surface area (Å²) in [5, 5.41) is 25.0. The number of halogens is 1. The molecule has 4 N–H and O–H groups in total. The van der Waals surface area contributed by atoms with E-state index in [4.69, 9.17) is 16.7 Å². The summed E-state index contributed by atoms with van der Waals surface area (Å²) in [6.07, 6.45) is 0. The van der Waals surface area contributed by atoms with Crippen LogP contribution in [0.1, 0.15) is 0 Å². The highest BCUT2D eigenvalue weighted by molar-refractivity contribution is 7.17. The molecule has 22 heavy (non-hydrogen) atoms. The van der Waals surface area contributed by atoms with Crippen molar-refractivity contribution >= 4 is 49.9 Å². The summed E-state index contributed by atoms with van der Waals surface area (Å²) in [6, 6.07) is 1.85. The van der Waals surface area contributed by atoms with E-state index in [2.05, 4.69) is 25.8 Å². The molecule has 0 aliphatic rings. The summed E-state index contributed by atoms with van der Waals surface area (Å²) in [7, 11) is 0. The number of aliphatic hydroxyl groups is 1. The van der Waals surface area contributed by atoms with Gasteiger partial charge in [-0.2, -0.15) is 0 Å². The van der Waals surface area contributed by atoms with E-state index in [1.807, 2.05) is 11.4 Å². The standard InChI is InChI=1S/C13H14ClN5O2S/c14-12-8-9(17-7-1-6-22-11(7)10(8)21)13(19-18-12)16-3-2-15-4-5-20/h1,6,15,20H,2-5H2,(H,16,19)(H,17,21). The molecular weight excluding hydrogens is 326 g/mol. The van der Waals surface area contributed by atoms with E-state index in [1.54, 1.807) is 0 Å². The van der Waals surface area contributed by atoms with Gasteiger partial charge in [-0.1, -0.05) is 11.6 Å². The Balaban J connectivity index is 1.99. The summed E-state index contributed by atoms with van der Waals surface area (Å²) in [5.74, 6) is 0.482. The fourth-order valence-electron chi connectivity index (χ4n) is 2.17. The molecule has 0 aliphatic heterocycles. The number of nitrogens with zero attached hydrogens (tertiary/aromatic N) is 2. The van der Waals surface area contributed by atoms with Gasteiger partial charge < -0.3 is 20.7 Å². The minimum absolute atomic E-state index is 0.0904. The summed E-state index contributed by atoms with van der Waals surface area (Å²) in [5.41, 5.74) is 1.17. The van der Waals surface area contributed by atoms with Crippen molar-refractivity contribution < 1.29 is 5.11 Å². The number of nitrogens with one attached hydrogen (secondary N) is 3. The first-order valence-electron chi connectivity index (χ1n) is 6.73. The van der Waals surface area contributed by atoms with Crippen LogP contribution >= 0.6 is 22.9 Å². The zero-order valence-corrected chi connectivity index (χ0v) is 13.1. The van der Waals surface area contributed by atoms with Crippen LogP contribution in [-0.2, 0) is 0 Å². The second kappa shape index (κ2) is 6.57.